The van der Waals surface area contributed by atoms with E-state index in [2.05, 4.69) is 16.9 Å². The van der Waals surface area contributed by atoms with Crippen LogP contribution in [-0.2, 0) is 0 Å². The molecule has 0 aliphatic carbocycles. The normalized spacial score (nSPS) is 12.0. The number of ether oxygens (including phenoxy) is 1. The van der Waals surface area contributed by atoms with E-state index in [0.29, 0.717) is 5.88 Å². The minimum absolute atomic E-state index is 0.246. The second kappa shape index (κ2) is 4.14. The molecule has 0 atom stereocenters. The van der Waals surface area contributed by atoms with Crippen LogP contribution in [0, 0.1) is 6.92 Å². The van der Waals surface area contributed by atoms with E-state index in [0.717, 1.165) is 16.6 Å². The van der Waals surface area contributed by atoms with Gasteiger partial charge in [-0.3, -0.25) is 0 Å². The molecule has 5 heteroatoms. The van der Waals surface area contributed by atoms with Crippen LogP contribution in [0.5, 0.6) is 5.88 Å². The molecule has 0 radical (unpaired) electrons. The summed E-state index contributed by atoms with van der Waals surface area (Å²) in [6.07, 6.45) is 0.904. The predicted octanol–water partition coefficient (Wildman–Crippen LogP) is 3.15. The molecule has 0 aliphatic rings. The summed E-state index contributed by atoms with van der Waals surface area (Å²) in [5, 5.41) is 0.947. The number of aromatic nitrogens is 2. The van der Waals surface area contributed by atoms with Crippen molar-refractivity contribution in [1.29, 1.82) is 0 Å². The van der Waals surface area contributed by atoms with Crippen LogP contribution < -0.4 is 10.5 Å². The summed E-state index contributed by atoms with van der Waals surface area (Å²) in [5.74, 6) is 0.852. The van der Waals surface area contributed by atoms with Crippen molar-refractivity contribution in [3.8, 4) is 5.88 Å². The molecule has 17 heavy (non-hydrogen) atoms. The fraction of sp³-hybridized carbons (Fsp3) is 0.500. The summed E-state index contributed by atoms with van der Waals surface area (Å²) < 4.78 is 5.93. The average molecular weight is 251 g/mol. The lowest BCUT2D eigenvalue weighted by atomic mass is 10.1. The summed E-state index contributed by atoms with van der Waals surface area (Å²) >= 11 is 1.60. The van der Waals surface area contributed by atoms with Gasteiger partial charge in [0.25, 0.3) is 0 Å². The number of hydrogen-bond acceptors (Lipinski definition) is 5. The first kappa shape index (κ1) is 12.1. The van der Waals surface area contributed by atoms with Gasteiger partial charge < -0.3 is 10.5 Å². The van der Waals surface area contributed by atoms with E-state index in [4.69, 9.17) is 10.5 Å². The Kier molecular flexibility index (Phi) is 2.95. The highest BCUT2D eigenvalue weighted by atomic mass is 32.1. The standard InChI is InChI=1S/C12H17N3OS/c1-5-12(3,4)16-9-8-6-7(2)17-10(8)15-11(13)14-9/h6H,5H2,1-4H3,(H2,13,14,15). The Morgan fingerprint density at radius 1 is 1.41 bits per heavy atom. The molecule has 2 heterocycles. The number of aryl methyl sites for hydroxylation is 1. The van der Waals surface area contributed by atoms with Crippen LogP contribution in [0.1, 0.15) is 32.1 Å². The number of nitrogens with zero attached hydrogens (tertiary/aromatic N) is 2. The summed E-state index contributed by atoms with van der Waals surface area (Å²) in [6.45, 7) is 8.20. The van der Waals surface area contributed by atoms with E-state index >= 15 is 0 Å². The molecule has 2 N–H and O–H groups in total. The van der Waals surface area contributed by atoms with E-state index < -0.39 is 0 Å². The fourth-order valence-corrected chi connectivity index (χ4v) is 2.32. The average Bonchev–Trinajstić information content (AvgIpc) is 2.58. The molecule has 4 nitrogen and oxygen atoms in total. The first-order valence-corrected chi connectivity index (χ1v) is 6.45. The Bertz CT molecular complexity index is 548. The minimum atomic E-state index is -0.246. The van der Waals surface area contributed by atoms with Gasteiger partial charge in [0, 0.05) is 4.88 Å². The summed E-state index contributed by atoms with van der Waals surface area (Å²) in [5.41, 5.74) is 5.45. The number of hydrogen-bond donors (Lipinski definition) is 1. The van der Waals surface area contributed by atoms with Crippen molar-refractivity contribution < 1.29 is 4.74 Å². The molecule has 0 unspecified atom stereocenters. The molecule has 0 bridgehead atoms. The lowest BCUT2D eigenvalue weighted by Crippen LogP contribution is -2.27. The monoisotopic (exact) mass is 251 g/mol. The number of thiophene rings is 1. The SMILES string of the molecule is CCC(C)(C)Oc1nc(N)nc2sc(C)cc12. The summed E-state index contributed by atoms with van der Waals surface area (Å²) in [6, 6.07) is 2.04. The van der Waals surface area contributed by atoms with Gasteiger partial charge in [-0.05, 0) is 33.3 Å². The highest BCUT2D eigenvalue weighted by Gasteiger charge is 2.20. The Labute approximate surface area is 105 Å². The van der Waals surface area contributed by atoms with E-state index in [1.54, 1.807) is 11.3 Å². The minimum Gasteiger partial charge on any atom is -0.471 e. The van der Waals surface area contributed by atoms with Crippen LogP contribution >= 0.6 is 11.3 Å². The van der Waals surface area contributed by atoms with Crippen LogP contribution in [0.4, 0.5) is 5.95 Å². The zero-order valence-electron chi connectivity index (χ0n) is 10.6. The first-order valence-electron chi connectivity index (χ1n) is 5.64. The third kappa shape index (κ3) is 2.49. The van der Waals surface area contributed by atoms with Gasteiger partial charge in [-0.2, -0.15) is 4.98 Å². The van der Waals surface area contributed by atoms with Gasteiger partial charge in [-0.15, -0.1) is 11.3 Å². The maximum atomic E-state index is 5.93. The van der Waals surface area contributed by atoms with Gasteiger partial charge in [0.15, 0.2) is 0 Å². The molecule has 0 amide bonds. The molecule has 2 aromatic rings. The molecule has 0 aliphatic heterocycles. The van der Waals surface area contributed by atoms with Crippen molar-refractivity contribution >= 4 is 27.5 Å². The Morgan fingerprint density at radius 2 is 2.12 bits per heavy atom. The van der Waals surface area contributed by atoms with Crippen molar-refractivity contribution in [2.45, 2.75) is 39.7 Å². The topological polar surface area (TPSA) is 61.0 Å². The van der Waals surface area contributed by atoms with Gasteiger partial charge in [-0.1, -0.05) is 6.92 Å². The molecule has 0 saturated carbocycles. The lowest BCUT2D eigenvalue weighted by molar-refractivity contribution is 0.101. The summed E-state index contributed by atoms with van der Waals surface area (Å²) in [4.78, 5) is 10.5. The molecule has 2 rings (SSSR count). The maximum absolute atomic E-state index is 5.93. The Balaban J connectivity index is 2.52. The number of rotatable bonds is 3. The Hall–Kier alpha value is -1.36. The molecule has 0 spiro atoms. The van der Waals surface area contributed by atoms with E-state index in [1.807, 2.05) is 26.8 Å². The van der Waals surface area contributed by atoms with E-state index in [-0.39, 0.29) is 11.5 Å². The van der Waals surface area contributed by atoms with Crippen LogP contribution in [0.2, 0.25) is 0 Å². The highest BCUT2D eigenvalue weighted by Crippen LogP contribution is 2.32. The van der Waals surface area contributed by atoms with Crippen molar-refractivity contribution in [3.63, 3.8) is 0 Å². The number of nitrogen functional groups attached to an aromatic ring is 1. The zero-order valence-corrected chi connectivity index (χ0v) is 11.4. The third-order valence-corrected chi connectivity index (χ3v) is 3.67. The van der Waals surface area contributed by atoms with Gasteiger partial charge in [-0.25, -0.2) is 4.98 Å². The molecule has 2 aromatic heterocycles. The quantitative estimate of drug-likeness (QED) is 0.910. The van der Waals surface area contributed by atoms with Crippen LogP contribution in [0.15, 0.2) is 6.07 Å². The number of anilines is 1. The number of nitrogens with two attached hydrogens (primary N) is 1. The largest absolute Gasteiger partial charge is 0.471 e. The molecule has 0 saturated heterocycles. The van der Waals surface area contributed by atoms with Crippen LogP contribution in [0.25, 0.3) is 10.2 Å². The predicted molar refractivity (Wildman–Crippen MR) is 71.6 cm³/mol. The van der Waals surface area contributed by atoms with Crippen molar-refractivity contribution in [2.75, 3.05) is 5.73 Å². The number of fused-ring (bicyclic) bond motifs is 1. The van der Waals surface area contributed by atoms with Gasteiger partial charge in [0.1, 0.15) is 10.4 Å². The fourth-order valence-electron chi connectivity index (χ4n) is 1.44. The zero-order chi connectivity index (χ0) is 12.6. The van der Waals surface area contributed by atoms with Gasteiger partial charge >= 0.3 is 0 Å². The molecule has 92 valence electrons. The first-order chi connectivity index (χ1) is 7.91. The van der Waals surface area contributed by atoms with E-state index in [1.165, 1.54) is 4.88 Å². The van der Waals surface area contributed by atoms with Crippen molar-refractivity contribution in [3.05, 3.63) is 10.9 Å². The molecule has 0 fully saturated rings. The molecular weight excluding hydrogens is 234 g/mol. The highest BCUT2D eigenvalue weighted by molar-refractivity contribution is 7.18. The second-order valence-electron chi connectivity index (χ2n) is 4.68. The van der Waals surface area contributed by atoms with Gasteiger partial charge in [0.2, 0.25) is 11.8 Å². The van der Waals surface area contributed by atoms with Gasteiger partial charge in [0.05, 0.1) is 5.39 Å². The molecular formula is C12H17N3OS. The smallest absolute Gasteiger partial charge is 0.227 e. The van der Waals surface area contributed by atoms with Crippen molar-refractivity contribution in [1.82, 2.24) is 9.97 Å². The van der Waals surface area contributed by atoms with E-state index in [9.17, 15) is 0 Å². The third-order valence-electron chi connectivity index (χ3n) is 2.72. The van der Waals surface area contributed by atoms with Crippen molar-refractivity contribution in [2.24, 2.45) is 0 Å². The molecule has 0 aromatic carbocycles. The summed E-state index contributed by atoms with van der Waals surface area (Å²) in [7, 11) is 0. The lowest BCUT2D eigenvalue weighted by Gasteiger charge is -2.24. The second-order valence-corrected chi connectivity index (χ2v) is 5.91. The Morgan fingerprint density at radius 3 is 2.76 bits per heavy atom. The van der Waals surface area contributed by atoms with Crippen LogP contribution in [0.3, 0.4) is 0 Å². The maximum Gasteiger partial charge on any atom is 0.227 e. The van der Waals surface area contributed by atoms with Crippen LogP contribution in [-0.4, -0.2) is 15.6 Å².